The van der Waals surface area contributed by atoms with Crippen LogP contribution in [0.3, 0.4) is 0 Å². The molecule has 0 spiro atoms. The molecule has 1 atom stereocenters. The molecule has 0 saturated heterocycles. The van der Waals surface area contributed by atoms with Crippen LogP contribution in [0.25, 0.3) is 21.8 Å². The Morgan fingerprint density at radius 1 is 1.24 bits per heavy atom. The zero-order valence-corrected chi connectivity index (χ0v) is 19.6. The minimum Gasteiger partial charge on any atom is -0.475 e. The summed E-state index contributed by atoms with van der Waals surface area (Å²) >= 11 is 1.20. The van der Waals surface area contributed by atoms with E-state index in [1.165, 1.54) is 40.1 Å². The number of halogens is 4. The van der Waals surface area contributed by atoms with Gasteiger partial charge in [0.05, 0.1) is 33.7 Å². The maximum Gasteiger partial charge on any atom is 0.433 e. The first-order valence-electron chi connectivity index (χ1n) is 10.8. The number of ether oxygens (including phenoxy) is 1. The van der Waals surface area contributed by atoms with Crippen molar-refractivity contribution in [1.82, 2.24) is 24.7 Å². The Hall–Kier alpha value is -4.33. The summed E-state index contributed by atoms with van der Waals surface area (Å²) in [4.78, 5) is 27.1. The third-order valence-corrected chi connectivity index (χ3v) is 6.71. The zero-order chi connectivity index (χ0) is 26.1. The molecule has 14 heteroatoms. The van der Waals surface area contributed by atoms with Gasteiger partial charge in [-0.05, 0) is 18.2 Å². The van der Waals surface area contributed by atoms with E-state index in [-0.39, 0.29) is 40.8 Å². The predicted octanol–water partition coefficient (Wildman–Crippen LogP) is 4.49. The molecule has 188 valence electrons. The largest absolute Gasteiger partial charge is 0.475 e. The maximum atomic E-state index is 15.4. The molecular formula is C23H15F4N7O2S. The number of carbonyl (C=O) groups excluding carboxylic acids is 1. The van der Waals surface area contributed by atoms with Crippen LogP contribution in [0, 0.1) is 5.82 Å². The van der Waals surface area contributed by atoms with E-state index in [1.807, 2.05) is 0 Å². The number of hydrogen-bond donors (Lipinski definition) is 1. The molecular weight excluding hydrogens is 514 g/mol. The predicted molar refractivity (Wildman–Crippen MR) is 127 cm³/mol. The van der Waals surface area contributed by atoms with Crippen molar-refractivity contribution < 1.29 is 27.1 Å². The molecule has 1 aromatic carbocycles. The van der Waals surface area contributed by atoms with Crippen LogP contribution < -0.4 is 15.4 Å². The second-order valence-electron chi connectivity index (χ2n) is 8.31. The van der Waals surface area contributed by atoms with Crippen LogP contribution in [0.2, 0.25) is 0 Å². The lowest BCUT2D eigenvalue weighted by Gasteiger charge is -2.26. The Labute approximate surface area is 209 Å². The number of hydrogen-bond acceptors (Lipinski definition) is 8. The van der Waals surface area contributed by atoms with Gasteiger partial charge >= 0.3 is 6.18 Å². The van der Waals surface area contributed by atoms with Gasteiger partial charge < -0.3 is 10.5 Å². The highest BCUT2D eigenvalue weighted by atomic mass is 32.1. The minimum absolute atomic E-state index is 0.170. The first-order valence-corrected chi connectivity index (χ1v) is 11.7. The number of aryl methyl sites for hydroxylation is 1. The molecule has 0 aliphatic carbocycles. The van der Waals surface area contributed by atoms with Crippen molar-refractivity contribution in [2.45, 2.75) is 12.2 Å². The van der Waals surface area contributed by atoms with E-state index in [0.29, 0.717) is 16.3 Å². The molecule has 6 rings (SSSR count). The third-order valence-electron chi connectivity index (χ3n) is 6.14. The molecule has 9 nitrogen and oxygen atoms in total. The van der Waals surface area contributed by atoms with Crippen LogP contribution in [0.15, 0.2) is 41.4 Å². The van der Waals surface area contributed by atoms with Gasteiger partial charge in [0.1, 0.15) is 35.8 Å². The van der Waals surface area contributed by atoms with Crippen molar-refractivity contribution in [1.29, 1.82) is 0 Å². The first-order chi connectivity index (χ1) is 17.6. The number of nitrogen functional groups attached to an aromatic ring is 1. The molecule has 1 aliphatic heterocycles. The number of fused-ring (bicyclic) bond motifs is 4. The van der Waals surface area contributed by atoms with E-state index in [4.69, 9.17) is 10.5 Å². The van der Waals surface area contributed by atoms with Gasteiger partial charge in [-0.1, -0.05) is 0 Å². The highest BCUT2D eigenvalue weighted by Crippen LogP contribution is 2.41. The molecule has 5 aromatic rings. The summed E-state index contributed by atoms with van der Waals surface area (Å²) in [6.07, 6.45) is -3.14. The summed E-state index contributed by atoms with van der Waals surface area (Å²) in [7, 11) is 1.68. The van der Waals surface area contributed by atoms with Gasteiger partial charge in [0.15, 0.2) is 0 Å². The van der Waals surface area contributed by atoms with Crippen molar-refractivity contribution in [3.05, 3.63) is 64.0 Å². The van der Waals surface area contributed by atoms with Gasteiger partial charge in [-0.3, -0.25) is 14.4 Å². The number of thiazole rings is 1. The van der Waals surface area contributed by atoms with Crippen LogP contribution in [-0.2, 0) is 13.2 Å². The Morgan fingerprint density at radius 3 is 2.78 bits per heavy atom. The Morgan fingerprint density at radius 2 is 2.05 bits per heavy atom. The standard InChI is InChI=1S/C23H15F4N7O2S/c1-33-19-12-4-11(14(24)5-15(12)31-20(28)13(19)6-30-33)22(35)34(18-8-37-9-29-18)16-7-36-21-10(16)2-3-17(32-21)23(25,26)27/h2-6,8-9,16H,7H2,1H3,(H2,28,31). The number of benzene rings is 1. The molecule has 0 radical (unpaired) electrons. The fraction of sp³-hybridized carbons (Fsp3) is 0.174. The molecule has 2 N–H and O–H groups in total. The van der Waals surface area contributed by atoms with Crippen molar-refractivity contribution in [2.75, 3.05) is 17.2 Å². The van der Waals surface area contributed by atoms with E-state index in [9.17, 15) is 18.0 Å². The normalized spacial score (nSPS) is 15.2. The summed E-state index contributed by atoms with van der Waals surface area (Å²) in [6, 6.07) is 3.61. The topological polar surface area (TPSA) is 112 Å². The Balaban J connectivity index is 1.49. The van der Waals surface area contributed by atoms with Crippen molar-refractivity contribution in [2.24, 2.45) is 7.05 Å². The van der Waals surface area contributed by atoms with Crippen LogP contribution in [-0.4, -0.2) is 37.2 Å². The van der Waals surface area contributed by atoms with E-state index in [1.54, 1.807) is 17.1 Å². The summed E-state index contributed by atoms with van der Waals surface area (Å²) in [6.45, 7) is -0.188. The number of nitrogens with two attached hydrogens (primary N) is 1. The van der Waals surface area contributed by atoms with E-state index < -0.39 is 29.6 Å². The molecule has 37 heavy (non-hydrogen) atoms. The molecule has 0 bridgehead atoms. The van der Waals surface area contributed by atoms with Crippen molar-refractivity contribution in [3.63, 3.8) is 0 Å². The second-order valence-corrected chi connectivity index (χ2v) is 9.03. The molecule has 1 aliphatic rings. The SMILES string of the molecule is Cn1ncc2c(N)nc3cc(F)c(C(=O)N(c4cscn4)C4COc5nc(C(F)(F)F)ccc54)cc3c21. The van der Waals surface area contributed by atoms with E-state index in [0.717, 1.165) is 12.1 Å². The fourth-order valence-corrected chi connectivity index (χ4v) is 4.97. The number of pyridine rings is 2. The first kappa shape index (κ1) is 23.1. The number of carbonyl (C=O) groups is 1. The van der Waals surface area contributed by atoms with Crippen LogP contribution in [0.5, 0.6) is 5.88 Å². The summed E-state index contributed by atoms with van der Waals surface area (Å²) < 4.78 is 61.8. The van der Waals surface area contributed by atoms with Crippen LogP contribution in [0.4, 0.5) is 29.2 Å². The van der Waals surface area contributed by atoms with Gasteiger partial charge in [-0.2, -0.15) is 18.3 Å². The number of aromatic nitrogens is 5. The van der Waals surface area contributed by atoms with Gasteiger partial charge in [-0.15, -0.1) is 11.3 Å². The number of nitrogens with zero attached hydrogens (tertiary/aromatic N) is 6. The lowest BCUT2D eigenvalue weighted by Crippen LogP contribution is -2.36. The molecule has 4 aromatic heterocycles. The Bertz CT molecular complexity index is 1700. The van der Waals surface area contributed by atoms with Crippen molar-refractivity contribution in [3.8, 4) is 5.88 Å². The van der Waals surface area contributed by atoms with Gasteiger partial charge in [0.2, 0.25) is 5.88 Å². The van der Waals surface area contributed by atoms with Gasteiger partial charge in [-0.25, -0.2) is 19.3 Å². The van der Waals surface area contributed by atoms with Gasteiger partial charge in [0.25, 0.3) is 5.91 Å². The minimum atomic E-state index is -4.66. The number of alkyl halides is 3. The molecule has 0 saturated carbocycles. The summed E-state index contributed by atoms with van der Waals surface area (Å²) in [5.41, 5.74) is 7.13. The van der Waals surface area contributed by atoms with Crippen molar-refractivity contribution >= 4 is 50.7 Å². The highest BCUT2D eigenvalue weighted by Gasteiger charge is 2.40. The average Bonchev–Trinajstić information content (AvgIpc) is 3.60. The summed E-state index contributed by atoms with van der Waals surface area (Å²) in [5.74, 6) is -1.50. The number of amides is 1. The maximum absolute atomic E-state index is 15.4. The van der Waals surface area contributed by atoms with E-state index >= 15 is 4.39 Å². The number of rotatable bonds is 3. The fourth-order valence-electron chi connectivity index (χ4n) is 4.44. The van der Waals surface area contributed by atoms with E-state index in [2.05, 4.69) is 20.1 Å². The summed E-state index contributed by atoms with van der Waals surface area (Å²) in [5, 5.41) is 6.76. The molecule has 1 amide bonds. The highest BCUT2D eigenvalue weighted by molar-refractivity contribution is 7.07. The van der Waals surface area contributed by atoms with Crippen LogP contribution >= 0.6 is 11.3 Å². The molecule has 1 unspecified atom stereocenters. The van der Waals surface area contributed by atoms with Crippen LogP contribution in [0.1, 0.15) is 27.7 Å². The number of anilines is 2. The van der Waals surface area contributed by atoms with Gasteiger partial charge in [0, 0.05) is 29.4 Å². The molecule has 5 heterocycles. The second kappa shape index (κ2) is 8.09. The zero-order valence-electron chi connectivity index (χ0n) is 18.8. The smallest absolute Gasteiger partial charge is 0.433 e. The molecule has 0 fully saturated rings. The lowest BCUT2D eigenvalue weighted by atomic mass is 10.0. The lowest BCUT2D eigenvalue weighted by molar-refractivity contribution is -0.141. The quantitative estimate of drug-likeness (QED) is 0.343. The third kappa shape index (κ3) is 3.63. The average molecular weight is 529 g/mol. The Kier molecular flexibility index (Phi) is 5.05. The monoisotopic (exact) mass is 529 g/mol.